The standard InChI is InChI=1S/C26H21BrFNO4/c1-3-31-23-13-17(11-21(27)24(23)32-15-19-8-5-4-7-16(19)2)12-22-26(30)33-25(29-22)18-9-6-10-20(28)14-18/h4-14H,3,15H2,1-2H3/b22-12-. The largest absolute Gasteiger partial charge is 0.490 e. The molecule has 0 saturated carbocycles. The molecular formula is C26H21BrFNO4. The summed E-state index contributed by atoms with van der Waals surface area (Å²) in [6.07, 6.45) is 1.59. The summed E-state index contributed by atoms with van der Waals surface area (Å²) < 4.78 is 31.3. The molecule has 3 aromatic rings. The fourth-order valence-corrected chi connectivity index (χ4v) is 3.88. The zero-order valence-corrected chi connectivity index (χ0v) is 19.7. The van der Waals surface area contributed by atoms with Crippen LogP contribution in [-0.4, -0.2) is 18.5 Å². The van der Waals surface area contributed by atoms with Crippen molar-refractivity contribution in [2.45, 2.75) is 20.5 Å². The number of esters is 1. The van der Waals surface area contributed by atoms with Gasteiger partial charge in [-0.25, -0.2) is 14.2 Å². The third-order valence-corrected chi connectivity index (χ3v) is 5.55. The van der Waals surface area contributed by atoms with Gasteiger partial charge >= 0.3 is 5.97 Å². The average Bonchev–Trinajstić information content (AvgIpc) is 3.15. The van der Waals surface area contributed by atoms with Crippen molar-refractivity contribution in [1.29, 1.82) is 0 Å². The van der Waals surface area contributed by atoms with Crippen molar-refractivity contribution in [2.75, 3.05) is 6.61 Å². The van der Waals surface area contributed by atoms with E-state index < -0.39 is 11.8 Å². The first-order chi connectivity index (χ1) is 15.9. The SMILES string of the molecule is CCOc1cc(/C=C2\N=C(c3cccc(F)c3)OC2=O)cc(Br)c1OCc1ccccc1C. The molecule has 1 heterocycles. The Balaban J connectivity index is 1.62. The Hall–Kier alpha value is -3.45. The number of halogens is 2. The van der Waals surface area contributed by atoms with Gasteiger partial charge in [0.1, 0.15) is 12.4 Å². The maximum Gasteiger partial charge on any atom is 0.363 e. The smallest absolute Gasteiger partial charge is 0.363 e. The topological polar surface area (TPSA) is 57.1 Å². The molecule has 7 heteroatoms. The molecule has 0 aliphatic carbocycles. The van der Waals surface area contributed by atoms with Gasteiger partial charge in [0, 0.05) is 5.56 Å². The molecule has 168 valence electrons. The molecule has 4 rings (SSSR count). The first-order valence-corrected chi connectivity index (χ1v) is 11.2. The maximum atomic E-state index is 13.5. The first-order valence-electron chi connectivity index (χ1n) is 10.4. The predicted octanol–water partition coefficient (Wildman–Crippen LogP) is 6.22. The lowest BCUT2D eigenvalue weighted by molar-refractivity contribution is -0.129. The van der Waals surface area contributed by atoms with E-state index in [1.54, 1.807) is 18.2 Å². The quantitative estimate of drug-likeness (QED) is 0.280. The zero-order valence-electron chi connectivity index (χ0n) is 18.1. The highest BCUT2D eigenvalue weighted by atomic mass is 79.9. The molecule has 0 amide bonds. The molecule has 0 bridgehead atoms. The van der Waals surface area contributed by atoms with Crippen LogP contribution in [0.1, 0.15) is 29.2 Å². The molecule has 0 unspecified atom stereocenters. The van der Waals surface area contributed by atoms with E-state index in [0.29, 0.717) is 40.3 Å². The van der Waals surface area contributed by atoms with E-state index in [-0.39, 0.29) is 11.6 Å². The van der Waals surface area contributed by atoms with Gasteiger partial charge in [0.2, 0.25) is 5.90 Å². The Morgan fingerprint density at radius 3 is 2.67 bits per heavy atom. The summed E-state index contributed by atoms with van der Waals surface area (Å²) in [5, 5.41) is 0. The lowest BCUT2D eigenvalue weighted by Gasteiger charge is -2.15. The first kappa shape index (κ1) is 22.7. The molecule has 0 saturated heterocycles. The molecule has 5 nitrogen and oxygen atoms in total. The van der Waals surface area contributed by atoms with Gasteiger partial charge < -0.3 is 14.2 Å². The molecule has 0 fully saturated rings. The van der Waals surface area contributed by atoms with E-state index in [1.807, 2.05) is 44.2 Å². The highest BCUT2D eigenvalue weighted by Crippen LogP contribution is 2.38. The number of benzene rings is 3. The van der Waals surface area contributed by atoms with Crippen LogP contribution in [0.4, 0.5) is 4.39 Å². The van der Waals surface area contributed by atoms with Crippen LogP contribution in [0.2, 0.25) is 0 Å². The summed E-state index contributed by atoms with van der Waals surface area (Å²) in [6, 6.07) is 17.3. The van der Waals surface area contributed by atoms with Crippen LogP contribution >= 0.6 is 15.9 Å². The van der Waals surface area contributed by atoms with Crippen LogP contribution < -0.4 is 9.47 Å². The second-order valence-corrected chi connectivity index (χ2v) is 8.18. The molecule has 0 radical (unpaired) electrons. The second kappa shape index (κ2) is 10.0. The number of aryl methyl sites for hydroxylation is 1. The Morgan fingerprint density at radius 1 is 1.09 bits per heavy atom. The normalized spacial score (nSPS) is 14.2. The van der Waals surface area contributed by atoms with Crippen LogP contribution in [-0.2, 0) is 16.1 Å². The average molecular weight is 510 g/mol. The molecule has 0 N–H and O–H groups in total. The number of carbonyl (C=O) groups is 1. The molecule has 0 aromatic heterocycles. The van der Waals surface area contributed by atoms with Gasteiger partial charge in [-0.1, -0.05) is 30.3 Å². The maximum absolute atomic E-state index is 13.5. The molecule has 0 atom stereocenters. The second-order valence-electron chi connectivity index (χ2n) is 7.32. The van der Waals surface area contributed by atoms with Gasteiger partial charge in [-0.2, -0.15) is 0 Å². The van der Waals surface area contributed by atoms with Crippen LogP contribution in [0, 0.1) is 12.7 Å². The van der Waals surface area contributed by atoms with Gasteiger partial charge in [0.25, 0.3) is 0 Å². The van der Waals surface area contributed by atoms with Crippen molar-refractivity contribution >= 4 is 33.9 Å². The lowest BCUT2D eigenvalue weighted by atomic mass is 10.1. The molecule has 33 heavy (non-hydrogen) atoms. The van der Waals surface area contributed by atoms with Crippen molar-refractivity contribution in [3.63, 3.8) is 0 Å². The van der Waals surface area contributed by atoms with E-state index in [0.717, 1.165) is 11.1 Å². The summed E-state index contributed by atoms with van der Waals surface area (Å²) in [6.45, 7) is 4.75. The van der Waals surface area contributed by atoms with Crippen molar-refractivity contribution in [3.8, 4) is 11.5 Å². The molecule has 3 aromatic carbocycles. The minimum atomic E-state index is -0.608. The Bertz CT molecular complexity index is 1270. The van der Waals surface area contributed by atoms with Gasteiger partial charge in [-0.05, 0) is 82.9 Å². The fraction of sp³-hybridized carbons (Fsp3) is 0.154. The summed E-state index contributed by atoms with van der Waals surface area (Å²) >= 11 is 3.55. The minimum absolute atomic E-state index is 0.0630. The van der Waals surface area contributed by atoms with Gasteiger partial charge in [-0.15, -0.1) is 0 Å². The summed E-state index contributed by atoms with van der Waals surface area (Å²) in [7, 11) is 0. The fourth-order valence-electron chi connectivity index (χ4n) is 3.31. The zero-order chi connectivity index (χ0) is 23.4. The van der Waals surface area contributed by atoms with E-state index in [4.69, 9.17) is 14.2 Å². The number of cyclic esters (lactones) is 1. The summed E-state index contributed by atoms with van der Waals surface area (Å²) in [5.41, 5.74) is 3.38. The van der Waals surface area contributed by atoms with E-state index >= 15 is 0 Å². The van der Waals surface area contributed by atoms with E-state index in [1.165, 1.54) is 18.2 Å². The van der Waals surface area contributed by atoms with Gasteiger partial charge in [-0.3, -0.25) is 0 Å². The predicted molar refractivity (Wildman–Crippen MR) is 128 cm³/mol. The Kier molecular flexibility index (Phi) is 6.89. The van der Waals surface area contributed by atoms with Crippen molar-refractivity contribution < 1.29 is 23.4 Å². The molecule has 0 spiro atoms. The summed E-state index contributed by atoms with van der Waals surface area (Å²) in [4.78, 5) is 16.6. The van der Waals surface area contributed by atoms with Crippen LogP contribution in [0.25, 0.3) is 6.08 Å². The number of carbonyl (C=O) groups excluding carboxylic acids is 1. The monoisotopic (exact) mass is 509 g/mol. The van der Waals surface area contributed by atoms with E-state index in [9.17, 15) is 9.18 Å². The van der Waals surface area contributed by atoms with Crippen molar-refractivity contribution in [1.82, 2.24) is 0 Å². The van der Waals surface area contributed by atoms with Gasteiger partial charge in [0.05, 0.1) is 11.1 Å². The molecule has 1 aliphatic heterocycles. The Morgan fingerprint density at radius 2 is 1.91 bits per heavy atom. The third kappa shape index (κ3) is 5.31. The number of hydrogen-bond acceptors (Lipinski definition) is 5. The minimum Gasteiger partial charge on any atom is -0.490 e. The summed E-state index contributed by atoms with van der Waals surface area (Å²) in [5.74, 6) is 0.125. The van der Waals surface area contributed by atoms with Crippen LogP contribution in [0.3, 0.4) is 0 Å². The highest BCUT2D eigenvalue weighted by molar-refractivity contribution is 9.10. The van der Waals surface area contributed by atoms with Crippen LogP contribution in [0.5, 0.6) is 11.5 Å². The molecular weight excluding hydrogens is 489 g/mol. The van der Waals surface area contributed by atoms with Crippen molar-refractivity contribution in [3.05, 3.63) is 98.9 Å². The van der Waals surface area contributed by atoms with Crippen molar-refractivity contribution in [2.24, 2.45) is 4.99 Å². The molecule has 1 aliphatic rings. The number of hydrogen-bond donors (Lipinski definition) is 0. The number of nitrogens with zero attached hydrogens (tertiary/aromatic N) is 1. The number of ether oxygens (including phenoxy) is 3. The van der Waals surface area contributed by atoms with Gasteiger partial charge in [0.15, 0.2) is 17.2 Å². The van der Waals surface area contributed by atoms with Crippen LogP contribution in [0.15, 0.2) is 75.8 Å². The highest BCUT2D eigenvalue weighted by Gasteiger charge is 2.25. The Labute approximate surface area is 199 Å². The number of aliphatic imine (C=N–C) groups is 1. The number of rotatable bonds is 7. The lowest BCUT2D eigenvalue weighted by Crippen LogP contribution is -2.05. The third-order valence-electron chi connectivity index (χ3n) is 4.96. The van der Waals surface area contributed by atoms with E-state index in [2.05, 4.69) is 20.9 Å².